The number of nitrogens with zero attached hydrogens (tertiary/aromatic N) is 1. The van der Waals surface area contributed by atoms with Gasteiger partial charge in [-0.25, -0.2) is 4.57 Å². The highest BCUT2D eigenvalue weighted by Crippen LogP contribution is 2.07. The highest BCUT2D eigenvalue weighted by atomic mass is 31.1. The Morgan fingerprint density at radius 1 is 1.42 bits per heavy atom. The summed E-state index contributed by atoms with van der Waals surface area (Å²) in [6, 6.07) is 8.93. The van der Waals surface area contributed by atoms with Gasteiger partial charge >= 0.3 is 8.69 Å². The SMILES string of the molecule is N#Cc1ccc(COP=O)cc1. The smallest absolute Gasteiger partial charge is 0.290 e. The molecule has 4 heteroatoms. The van der Waals surface area contributed by atoms with Crippen LogP contribution in [0.2, 0.25) is 0 Å². The molecule has 0 N–H and O–H groups in total. The predicted octanol–water partition coefficient (Wildman–Crippen LogP) is 2.28. The minimum Gasteiger partial charge on any atom is -0.290 e. The average molecular weight is 179 g/mol. The molecule has 60 valence electrons. The largest absolute Gasteiger partial charge is 0.327 e. The van der Waals surface area contributed by atoms with Gasteiger partial charge in [0.05, 0.1) is 18.2 Å². The highest BCUT2D eigenvalue weighted by Gasteiger charge is 1.93. The zero-order valence-corrected chi connectivity index (χ0v) is 7.12. The molecule has 3 nitrogen and oxygen atoms in total. The number of hydrogen-bond donors (Lipinski definition) is 0. The van der Waals surface area contributed by atoms with Crippen molar-refractivity contribution in [3.63, 3.8) is 0 Å². The number of hydrogen-bond acceptors (Lipinski definition) is 3. The van der Waals surface area contributed by atoms with Crippen LogP contribution in [-0.2, 0) is 15.7 Å². The fraction of sp³-hybridized carbons (Fsp3) is 0.125. The van der Waals surface area contributed by atoms with Gasteiger partial charge in [-0.15, -0.1) is 0 Å². The molecule has 1 rings (SSSR count). The zero-order valence-electron chi connectivity index (χ0n) is 6.23. The Hall–Kier alpha value is -1.23. The lowest BCUT2D eigenvalue weighted by Gasteiger charge is -1.95. The van der Waals surface area contributed by atoms with Gasteiger partial charge in [-0.05, 0) is 17.7 Å². The maximum Gasteiger partial charge on any atom is 0.327 e. The van der Waals surface area contributed by atoms with Crippen LogP contribution in [0, 0.1) is 11.3 Å². The topological polar surface area (TPSA) is 50.1 Å². The normalized spacial score (nSPS) is 9.58. The Morgan fingerprint density at radius 3 is 2.58 bits per heavy atom. The molecule has 0 unspecified atom stereocenters. The predicted molar refractivity (Wildman–Crippen MR) is 43.6 cm³/mol. The van der Waals surface area contributed by atoms with Crippen molar-refractivity contribution in [1.29, 1.82) is 5.26 Å². The van der Waals surface area contributed by atoms with E-state index in [0.717, 1.165) is 5.56 Å². The van der Waals surface area contributed by atoms with E-state index in [0.29, 0.717) is 12.2 Å². The van der Waals surface area contributed by atoms with Crippen molar-refractivity contribution >= 4 is 8.69 Å². The second kappa shape index (κ2) is 4.61. The van der Waals surface area contributed by atoms with Gasteiger partial charge in [-0.3, -0.25) is 4.52 Å². The van der Waals surface area contributed by atoms with Crippen molar-refractivity contribution in [2.45, 2.75) is 6.61 Å². The van der Waals surface area contributed by atoms with E-state index in [9.17, 15) is 4.57 Å². The highest BCUT2D eigenvalue weighted by molar-refractivity contribution is 7.17. The summed E-state index contributed by atoms with van der Waals surface area (Å²) in [6.45, 7) is 0.302. The summed E-state index contributed by atoms with van der Waals surface area (Å²) < 4.78 is 14.6. The van der Waals surface area contributed by atoms with Gasteiger partial charge in [-0.2, -0.15) is 5.26 Å². The van der Waals surface area contributed by atoms with Crippen molar-refractivity contribution in [2.75, 3.05) is 0 Å². The molecule has 1 aromatic rings. The molecule has 0 aliphatic heterocycles. The minimum atomic E-state index is -0.321. The molecule has 0 aliphatic carbocycles. The second-order valence-corrected chi connectivity index (χ2v) is 2.56. The van der Waals surface area contributed by atoms with E-state index in [1.54, 1.807) is 24.3 Å². The molecule has 0 aliphatic rings. The van der Waals surface area contributed by atoms with Crippen LogP contribution in [0.5, 0.6) is 0 Å². The van der Waals surface area contributed by atoms with E-state index >= 15 is 0 Å². The first-order valence-corrected chi connectivity index (χ1v) is 4.03. The van der Waals surface area contributed by atoms with Crippen LogP contribution in [0.4, 0.5) is 0 Å². The van der Waals surface area contributed by atoms with Gasteiger partial charge < -0.3 is 0 Å². The van der Waals surface area contributed by atoms with Gasteiger partial charge in [0, 0.05) is 0 Å². The maximum atomic E-state index is 9.92. The van der Waals surface area contributed by atoms with Gasteiger partial charge in [0.15, 0.2) is 0 Å². The van der Waals surface area contributed by atoms with Crippen LogP contribution in [0.25, 0.3) is 0 Å². The standard InChI is InChI=1S/C8H6NO2P/c9-5-7-1-3-8(4-2-7)6-11-12-10/h1-4H,6H2. The first-order valence-electron chi connectivity index (χ1n) is 3.30. The molecule has 0 bridgehead atoms. The first kappa shape index (κ1) is 8.86. The molecule has 0 fully saturated rings. The van der Waals surface area contributed by atoms with E-state index < -0.39 is 0 Å². The first-order chi connectivity index (χ1) is 5.86. The van der Waals surface area contributed by atoms with Gasteiger partial charge in [0.25, 0.3) is 0 Å². The van der Waals surface area contributed by atoms with E-state index in [1.165, 1.54) is 0 Å². The van der Waals surface area contributed by atoms with Crippen LogP contribution < -0.4 is 0 Å². The molecule has 0 spiro atoms. The number of nitriles is 1. The quantitative estimate of drug-likeness (QED) is 0.668. The number of rotatable bonds is 3. The number of benzene rings is 1. The lowest BCUT2D eigenvalue weighted by atomic mass is 10.2. The van der Waals surface area contributed by atoms with Crippen LogP contribution in [0.3, 0.4) is 0 Å². The summed E-state index contributed by atoms with van der Waals surface area (Å²) in [5.74, 6) is 0. The fourth-order valence-electron chi connectivity index (χ4n) is 0.776. The zero-order chi connectivity index (χ0) is 8.81. The Kier molecular flexibility index (Phi) is 3.40. The Morgan fingerprint density at radius 2 is 2.08 bits per heavy atom. The molecule has 1 aromatic carbocycles. The van der Waals surface area contributed by atoms with Crippen LogP contribution in [0.1, 0.15) is 11.1 Å². The molecule has 0 saturated carbocycles. The summed E-state index contributed by atoms with van der Waals surface area (Å²) in [5, 5.41) is 8.47. The molecule has 0 heterocycles. The van der Waals surface area contributed by atoms with Crippen molar-refractivity contribution < 1.29 is 9.09 Å². The Bertz CT molecular complexity index is 302. The van der Waals surface area contributed by atoms with Gasteiger partial charge in [0.1, 0.15) is 0 Å². The monoisotopic (exact) mass is 179 g/mol. The third kappa shape index (κ3) is 2.43. The van der Waals surface area contributed by atoms with Crippen molar-refractivity contribution in [1.82, 2.24) is 0 Å². The van der Waals surface area contributed by atoms with Gasteiger partial charge in [-0.1, -0.05) is 12.1 Å². The lowest BCUT2D eigenvalue weighted by molar-refractivity contribution is 0.332. The fourth-order valence-corrected chi connectivity index (χ4v) is 0.978. The lowest BCUT2D eigenvalue weighted by Crippen LogP contribution is -1.83. The van der Waals surface area contributed by atoms with E-state index in [2.05, 4.69) is 4.52 Å². The second-order valence-electron chi connectivity index (χ2n) is 2.16. The third-order valence-electron chi connectivity index (χ3n) is 1.37. The Balaban J connectivity index is 2.66. The molecule has 0 amide bonds. The molecule has 0 aromatic heterocycles. The average Bonchev–Trinajstić information content (AvgIpc) is 2.15. The third-order valence-corrected chi connectivity index (χ3v) is 1.60. The van der Waals surface area contributed by atoms with Crippen LogP contribution >= 0.6 is 8.69 Å². The van der Waals surface area contributed by atoms with Crippen molar-refractivity contribution in [3.8, 4) is 6.07 Å². The van der Waals surface area contributed by atoms with E-state index in [4.69, 9.17) is 5.26 Å². The van der Waals surface area contributed by atoms with Crippen LogP contribution in [-0.4, -0.2) is 0 Å². The molecule has 0 atom stereocenters. The summed E-state index contributed by atoms with van der Waals surface area (Å²) in [6.07, 6.45) is 0. The van der Waals surface area contributed by atoms with Gasteiger partial charge in [0.2, 0.25) is 0 Å². The molecular weight excluding hydrogens is 173 g/mol. The summed E-state index contributed by atoms with van der Waals surface area (Å²) >= 11 is 0. The van der Waals surface area contributed by atoms with Crippen molar-refractivity contribution in [3.05, 3.63) is 35.4 Å². The molecule has 0 saturated heterocycles. The summed E-state index contributed by atoms with van der Waals surface area (Å²) in [5.41, 5.74) is 1.51. The van der Waals surface area contributed by atoms with E-state index in [-0.39, 0.29) is 8.69 Å². The van der Waals surface area contributed by atoms with E-state index in [1.807, 2.05) is 6.07 Å². The molecule has 0 radical (unpaired) electrons. The summed E-state index contributed by atoms with van der Waals surface area (Å²) in [4.78, 5) is 0. The molecule has 12 heavy (non-hydrogen) atoms. The van der Waals surface area contributed by atoms with Crippen molar-refractivity contribution in [2.24, 2.45) is 0 Å². The molecular formula is C8H6NO2P. The minimum absolute atomic E-state index is 0.302. The Labute approximate surface area is 71.9 Å². The van der Waals surface area contributed by atoms with Crippen LogP contribution in [0.15, 0.2) is 24.3 Å². The summed E-state index contributed by atoms with van der Waals surface area (Å²) in [7, 11) is -0.321. The maximum absolute atomic E-state index is 9.92.